The van der Waals surface area contributed by atoms with E-state index in [0.29, 0.717) is 12.1 Å². The molecule has 2 aromatic carbocycles. The largest absolute Gasteiger partial charge is 0.435 e. The topological polar surface area (TPSA) is 83.5 Å². The Morgan fingerprint density at radius 2 is 1.55 bits per heavy atom. The van der Waals surface area contributed by atoms with E-state index >= 15 is 0 Å². The Morgan fingerprint density at radius 3 is 2.10 bits per heavy atom. The van der Waals surface area contributed by atoms with Gasteiger partial charge in [0.1, 0.15) is 10.6 Å². The highest BCUT2D eigenvalue weighted by molar-refractivity contribution is 7.92. The van der Waals surface area contributed by atoms with Crippen LogP contribution in [0, 0.1) is 17.7 Å². The van der Waals surface area contributed by atoms with E-state index in [1.807, 2.05) is 0 Å². The number of nitrogens with one attached hydrogen (secondary N) is 1. The Morgan fingerprint density at radius 1 is 0.952 bits per heavy atom. The first-order valence-corrected chi connectivity index (χ1v) is 14.7. The van der Waals surface area contributed by atoms with Gasteiger partial charge in [-0.3, -0.25) is 4.79 Å². The van der Waals surface area contributed by atoms with Gasteiger partial charge in [0, 0.05) is 23.4 Å². The third-order valence-corrected chi connectivity index (χ3v) is 11.6. The van der Waals surface area contributed by atoms with Gasteiger partial charge in [-0.25, -0.2) is 17.2 Å². The molecule has 0 heterocycles. The van der Waals surface area contributed by atoms with Gasteiger partial charge < -0.3 is 10.4 Å². The summed E-state index contributed by atoms with van der Waals surface area (Å²) >= 11 is 0. The molecule has 14 heteroatoms. The van der Waals surface area contributed by atoms with Crippen molar-refractivity contribution in [1.82, 2.24) is 5.32 Å². The second kappa shape index (κ2) is 9.63. The van der Waals surface area contributed by atoms with Crippen LogP contribution in [0.4, 0.5) is 35.1 Å². The van der Waals surface area contributed by atoms with E-state index in [2.05, 4.69) is 5.32 Å². The van der Waals surface area contributed by atoms with Crippen molar-refractivity contribution in [3.63, 3.8) is 0 Å². The van der Waals surface area contributed by atoms with E-state index in [0.717, 1.165) is 30.3 Å². The summed E-state index contributed by atoms with van der Waals surface area (Å²) in [6.45, 7) is 1.57. The van der Waals surface area contributed by atoms with E-state index in [1.54, 1.807) is 6.92 Å². The molecule has 2 saturated carbocycles. The minimum Gasteiger partial charge on any atom is -0.390 e. The van der Waals surface area contributed by atoms with E-state index in [1.165, 1.54) is 0 Å². The normalized spacial score (nSPS) is 29.8. The van der Waals surface area contributed by atoms with Gasteiger partial charge in [-0.05, 0) is 80.8 Å². The molecule has 3 aliphatic rings. The van der Waals surface area contributed by atoms with Crippen LogP contribution in [0.3, 0.4) is 0 Å². The molecule has 2 N–H and O–H groups in total. The van der Waals surface area contributed by atoms with Crippen LogP contribution in [0.2, 0.25) is 0 Å². The predicted octanol–water partition coefficient (Wildman–Crippen LogP) is 5.79. The summed E-state index contributed by atoms with van der Waals surface area (Å²) in [5.74, 6) is -2.50. The molecular weight excluding hydrogens is 598 g/mol. The smallest absolute Gasteiger partial charge is 0.390 e. The van der Waals surface area contributed by atoms with Crippen molar-refractivity contribution in [2.45, 2.75) is 84.8 Å². The number of fused-ring (bicyclic) bond motifs is 3. The summed E-state index contributed by atoms with van der Waals surface area (Å²) < 4.78 is 136. The van der Waals surface area contributed by atoms with Crippen LogP contribution >= 0.6 is 0 Å². The number of hydrogen-bond donors (Lipinski definition) is 2. The van der Waals surface area contributed by atoms with Crippen molar-refractivity contribution in [2.24, 2.45) is 11.8 Å². The molecule has 1 amide bonds. The summed E-state index contributed by atoms with van der Waals surface area (Å²) in [7, 11) is -4.49. The number of alkyl halides is 7. The highest BCUT2D eigenvalue weighted by Gasteiger charge is 2.73. The number of carbonyl (C=O) groups excluding carboxylic acids is 1. The second-order valence-corrected chi connectivity index (χ2v) is 14.0. The number of benzene rings is 2. The molecule has 3 aliphatic carbocycles. The number of hydrogen-bond acceptors (Lipinski definition) is 4. The Labute approximate surface area is 236 Å². The molecule has 0 unspecified atom stereocenters. The number of carbonyl (C=O) groups is 1. The molecule has 0 bridgehead atoms. The Kier molecular flexibility index (Phi) is 7.04. The molecule has 230 valence electrons. The third kappa shape index (κ3) is 4.51. The fraction of sp³-hybridized carbons (Fsp3) is 0.536. The minimum atomic E-state index is -6.34. The lowest BCUT2D eigenvalue weighted by Gasteiger charge is -2.44. The van der Waals surface area contributed by atoms with Crippen molar-refractivity contribution < 1.29 is 53.4 Å². The maximum atomic E-state index is 14.9. The average molecular weight is 626 g/mol. The summed E-state index contributed by atoms with van der Waals surface area (Å²) in [5, 5.41) is 12.9. The van der Waals surface area contributed by atoms with Gasteiger partial charge in [0.15, 0.2) is 9.84 Å². The molecule has 0 radical (unpaired) electrons. The molecule has 3 atom stereocenters. The highest BCUT2D eigenvalue weighted by atomic mass is 32.2. The number of aliphatic hydroxyl groups is 1. The van der Waals surface area contributed by atoms with Crippen LogP contribution in [0.15, 0.2) is 47.4 Å². The molecule has 0 spiro atoms. The molecule has 0 aliphatic heterocycles. The van der Waals surface area contributed by atoms with Gasteiger partial charge in [-0.15, -0.1) is 0 Å². The van der Waals surface area contributed by atoms with E-state index < -0.39 is 73.4 Å². The van der Waals surface area contributed by atoms with Crippen molar-refractivity contribution in [1.29, 1.82) is 0 Å². The standard InChI is InChI=1S/C28H27F8NO4S/c1-24(39)13-16(14-24)23(38)37-22-10-11-25(42(40,41)19-6-4-18(29)5-7-19)20-9-3-17(12-15(20)2-8-21(22)25)26(30,27(31,32)33)28(34,35)36/h3-7,9,12,16,21-22,39H,2,8,10-11,13-14H2,1H3,(H,37,38)/t16?,21-,22+,24?,25+/m0/s1. The second-order valence-electron chi connectivity index (χ2n) is 11.8. The number of rotatable bonds is 5. The maximum absolute atomic E-state index is 14.9. The summed E-state index contributed by atoms with van der Waals surface area (Å²) in [6.07, 6.45) is -12.6. The SMILES string of the molecule is CC1(O)CC(C(=O)N[C@@H]2CC[C@@]3(S(=O)(=O)c4ccc(F)cc4)c4ccc(C(F)(C(F)(F)F)C(F)(F)F)cc4CC[C@@H]23)C1. The molecule has 2 aromatic rings. The minimum absolute atomic E-state index is 0.0540. The quantitative estimate of drug-likeness (QED) is 0.326. The number of halogens is 8. The van der Waals surface area contributed by atoms with Crippen LogP contribution in [-0.2, 0) is 31.5 Å². The van der Waals surface area contributed by atoms with E-state index in [9.17, 15) is 53.4 Å². The van der Waals surface area contributed by atoms with Crippen molar-refractivity contribution in [3.8, 4) is 0 Å². The molecular formula is C28H27F8NO4S. The maximum Gasteiger partial charge on any atom is 0.435 e. The summed E-state index contributed by atoms with van der Waals surface area (Å²) in [6, 6.07) is 4.67. The summed E-state index contributed by atoms with van der Waals surface area (Å²) in [4.78, 5) is 12.6. The fourth-order valence-electron chi connectivity index (χ4n) is 7.04. The van der Waals surface area contributed by atoms with Crippen LogP contribution in [-0.4, -0.2) is 43.4 Å². The van der Waals surface area contributed by atoms with Gasteiger partial charge >= 0.3 is 18.0 Å². The fourth-order valence-corrected chi connectivity index (χ4v) is 9.51. The zero-order valence-corrected chi connectivity index (χ0v) is 22.9. The lowest BCUT2D eigenvalue weighted by atomic mass is 9.71. The predicted molar refractivity (Wildman–Crippen MR) is 133 cm³/mol. The van der Waals surface area contributed by atoms with Crippen molar-refractivity contribution in [3.05, 3.63) is 65.0 Å². The number of aryl methyl sites for hydroxylation is 1. The molecule has 5 nitrogen and oxygen atoms in total. The zero-order valence-electron chi connectivity index (χ0n) is 22.1. The van der Waals surface area contributed by atoms with Gasteiger partial charge in [0.2, 0.25) is 5.91 Å². The molecule has 5 rings (SSSR count). The Bertz CT molecular complexity index is 1480. The molecule has 0 aromatic heterocycles. The lowest BCUT2D eigenvalue weighted by Crippen LogP contribution is -2.53. The van der Waals surface area contributed by atoms with Gasteiger partial charge in [0.25, 0.3) is 0 Å². The van der Waals surface area contributed by atoms with Crippen LogP contribution in [0.1, 0.15) is 55.7 Å². The molecule has 0 saturated heterocycles. The monoisotopic (exact) mass is 625 g/mol. The average Bonchev–Trinajstić information content (AvgIpc) is 3.25. The number of amides is 1. The van der Waals surface area contributed by atoms with Crippen LogP contribution in [0.25, 0.3) is 0 Å². The first-order valence-electron chi connectivity index (χ1n) is 13.2. The summed E-state index contributed by atoms with van der Waals surface area (Å²) in [5.41, 5.74) is -8.68. The van der Waals surface area contributed by atoms with E-state index in [4.69, 9.17) is 0 Å². The lowest BCUT2D eigenvalue weighted by molar-refractivity contribution is -0.348. The van der Waals surface area contributed by atoms with E-state index in [-0.39, 0.29) is 54.5 Å². The van der Waals surface area contributed by atoms with Crippen molar-refractivity contribution >= 4 is 15.7 Å². The van der Waals surface area contributed by atoms with Gasteiger partial charge in [-0.1, -0.05) is 18.2 Å². The van der Waals surface area contributed by atoms with Gasteiger partial charge in [0.05, 0.1) is 10.5 Å². The molecule has 42 heavy (non-hydrogen) atoms. The van der Waals surface area contributed by atoms with Gasteiger partial charge in [-0.2, -0.15) is 26.3 Å². The van der Waals surface area contributed by atoms with Crippen LogP contribution < -0.4 is 5.32 Å². The first-order chi connectivity index (χ1) is 19.2. The number of sulfone groups is 1. The zero-order chi connectivity index (χ0) is 31.1. The van der Waals surface area contributed by atoms with Crippen molar-refractivity contribution in [2.75, 3.05) is 0 Å². The highest BCUT2D eigenvalue weighted by Crippen LogP contribution is 2.59. The third-order valence-electron chi connectivity index (χ3n) is 9.05. The van der Waals surface area contributed by atoms with Crippen LogP contribution in [0.5, 0.6) is 0 Å². The molecule has 2 fully saturated rings. The Balaban J connectivity index is 1.62. The Hall–Kier alpha value is -2.74. The first kappa shape index (κ1) is 30.7.